The first-order chi connectivity index (χ1) is 11.8. The van der Waals surface area contributed by atoms with Crippen molar-refractivity contribution in [3.8, 4) is 0 Å². The number of rotatable bonds is 4. The Bertz CT molecular complexity index is 672. The predicted molar refractivity (Wildman–Crippen MR) is 91.3 cm³/mol. The van der Waals surface area contributed by atoms with Gasteiger partial charge in [-0.2, -0.15) is 0 Å². The minimum absolute atomic E-state index is 0.0754. The number of nitrogens with one attached hydrogen (secondary N) is 2. The maximum atomic E-state index is 12.8. The highest BCUT2D eigenvalue weighted by molar-refractivity contribution is 5.85. The van der Waals surface area contributed by atoms with Gasteiger partial charge in [-0.1, -0.05) is 12.8 Å². The highest BCUT2D eigenvalue weighted by Crippen LogP contribution is 2.41. The molecule has 1 aliphatic carbocycles. The van der Waals surface area contributed by atoms with Gasteiger partial charge in [0.15, 0.2) is 0 Å². The third kappa shape index (κ3) is 2.88. The lowest BCUT2D eigenvalue weighted by molar-refractivity contribution is -0.122. The van der Waals surface area contributed by atoms with Crippen LogP contribution in [0.3, 0.4) is 0 Å². The maximum Gasteiger partial charge on any atom is 0.243 e. The summed E-state index contributed by atoms with van der Waals surface area (Å²) in [5.74, 6) is 1.34. The molecule has 1 amide bonds. The van der Waals surface area contributed by atoms with Gasteiger partial charge in [0.05, 0.1) is 6.54 Å². The third-order valence-corrected chi connectivity index (χ3v) is 5.29. The summed E-state index contributed by atoms with van der Waals surface area (Å²) in [6.45, 7) is 0.529. The van der Waals surface area contributed by atoms with Crippen molar-refractivity contribution in [3.05, 3.63) is 42.5 Å². The second kappa shape index (κ2) is 6.63. The molecule has 1 saturated heterocycles. The molecule has 1 aliphatic heterocycles. The van der Waals surface area contributed by atoms with Gasteiger partial charge in [-0.05, 0) is 43.4 Å². The normalized spacial score (nSPS) is 26.2. The summed E-state index contributed by atoms with van der Waals surface area (Å²) in [6.07, 6.45) is 11.1. The molecular weight excluding hydrogens is 302 g/mol. The molecule has 2 aromatic rings. The van der Waals surface area contributed by atoms with Crippen LogP contribution in [-0.2, 0) is 11.3 Å². The van der Waals surface area contributed by atoms with E-state index in [0.717, 1.165) is 18.5 Å². The summed E-state index contributed by atoms with van der Waals surface area (Å²) in [6, 6.07) is 5.96. The first kappa shape index (κ1) is 15.2. The number of carbonyl (C=O) groups excluding carboxylic acids is 1. The van der Waals surface area contributed by atoms with Crippen LogP contribution >= 0.6 is 0 Å². The summed E-state index contributed by atoms with van der Waals surface area (Å²) < 4.78 is 0. The molecule has 3 heterocycles. The van der Waals surface area contributed by atoms with Crippen LogP contribution < -0.4 is 10.2 Å². The largest absolute Gasteiger partial charge is 0.364 e. The number of amides is 1. The van der Waals surface area contributed by atoms with Crippen LogP contribution in [0.2, 0.25) is 0 Å². The van der Waals surface area contributed by atoms with Crippen LogP contribution in [0, 0.1) is 5.92 Å². The van der Waals surface area contributed by atoms with Crippen LogP contribution in [0.4, 0.5) is 5.95 Å². The fourth-order valence-corrected chi connectivity index (χ4v) is 4.18. The second-order valence-electron chi connectivity index (χ2n) is 6.73. The van der Waals surface area contributed by atoms with Crippen LogP contribution in [0.5, 0.6) is 0 Å². The van der Waals surface area contributed by atoms with Gasteiger partial charge >= 0.3 is 0 Å². The molecule has 2 N–H and O–H groups in total. The lowest BCUT2D eigenvalue weighted by Crippen LogP contribution is -2.47. The zero-order valence-electron chi connectivity index (χ0n) is 13.7. The van der Waals surface area contributed by atoms with Crippen molar-refractivity contribution in [2.75, 3.05) is 4.90 Å². The number of fused-ring (bicyclic) bond motifs is 1. The fourth-order valence-electron chi connectivity index (χ4n) is 4.18. The number of anilines is 1. The summed E-state index contributed by atoms with van der Waals surface area (Å²) in [4.78, 5) is 27.0. The third-order valence-electron chi connectivity index (χ3n) is 5.29. The standard InChI is InChI=1S/C18H23N5O/c24-17(22-12-14-6-3-8-19-14)16-11-13-5-1-2-7-15(13)23(16)18-20-9-4-10-21-18/h3-4,6,8-10,13,15-16,19H,1-2,5,7,11-12H2,(H,22,24)/t13-,15-,16+/m1/s1. The number of hydrogen-bond donors (Lipinski definition) is 2. The SMILES string of the molecule is O=C(NCc1ccc[nH]1)[C@@H]1C[C@H]2CCCC[C@H]2N1c1ncccn1. The minimum Gasteiger partial charge on any atom is -0.364 e. The van der Waals surface area contributed by atoms with E-state index in [2.05, 4.69) is 25.2 Å². The van der Waals surface area contributed by atoms with Gasteiger partial charge in [-0.3, -0.25) is 4.79 Å². The topological polar surface area (TPSA) is 73.9 Å². The Balaban J connectivity index is 1.54. The van der Waals surface area contributed by atoms with Crippen LogP contribution in [0.25, 0.3) is 0 Å². The molecule has 126 valence electrons. The smallest absolute Gasteiger partial charge is 0.243 e. The van der Waals surface area contributed by atoms with E-state index in [-0.39, 0.29) is 11.9 Å². The quantitative estimate of drug-likeness (QED) is 0.904. The Morgan fingerprint density at radius 3 is 2.88 bits per heavy atom. The Labute approximate surface area is 141 Å². The van der Waals surface area contributed by atoms with E-state index < -0.39 is 0 Å². The molecule has 24 heavy (non-hydrogen) atoms. The molecule has 4 rings (SSSR count). The molecule has 2 fully saturated rings. The fraction of sp³-hybridized carbons (Fsp3) is 0.500. The monoisotopic (exact) mass is 325 g/mol. The number of aromatic nitrogens is 3. The van der Waals surface area contributed by atoms with Crippen LogP contribution in [0.1, 0.15) is 37.8 Å². The van der Waals surface area contributed by atoms with E-state index in [4.69, 9.17) is 0 Å². The molecule has 6 nitrogen and oxygen atoms in total. The van der Waals surface area contributed by atoms with E-state index in [9.17, 15) is 4.79 Å². The summed E-state index contributed by atoms with van der Waals surface area (Å²) in [5.41, 5.74) is 1.02. The number of carbonyl (C=O) groups is 1. The summed E-state index contributed by atoms with van der Waals surface area (Å²) >= 11 is 0. The Morgan fingerprint density at radius 1 is 1.25 bits per heavy atom. The van der Waals surface area contributed by atoms with Crippen molar-refractivity contribution in [2.24, 2.45) is 5.92 Å². The van der Waals surface area contributed by atoms with Gasteiger partial charge in [-0.15, -0.1) is 0 Å². The van der Waals surface area contributed by atoms with E-state index in [1.165, 1.54) is 19.3 Å². The van der Waals surface area contributed by atoms with Gasteiger partial charge in [0.1, 0.15) is 6.04 Å². The lowest BCUT2D eigenvalue weighted by Gasteiger charge is -2.33. The first-order valence-corrected chi connectivity index (χ1v) is 8.78. The molecule has 0 radical (unpaired) electrons. The summed E-state index contributed by atoms with van der Waals surface area (Å²) in [7, 11) is 0. The van der Waals surface area contributed by atoms with Crippen molar-refractivity contribution in [3.63, 3.8) is 0 Å². The molecule has 0 spiro atoms. The molecule has 0 aromatic carbocycles. The van der Waals surface area contributed by atoms with Crippen molar-refractivity contribution in [1.29, 1.82) is 0 Å². The number of hydrogen-bond acceptors (Lipinski definition) is 4. The Morgan fingerprint density at radius 2 is 2.08 bits per heavy atom. The molecule has 2 aliphatic rings. The lowest BCUT2D eigenvalue weighted by atomic mass is 9.85. The number of nitrogens with zero attached hydrogens (tertiary/aromatic N) is 3. The minimum atomic E-state index is -0.171. The highest BCUT2D eigenvalue weighted by atomic mass is 16.2. The van der Waals surface area contributed by atoms with Gasteiger partial charge < -0.3 is 15.2 Å². The maximum absolute atomic E-state index is 12.8. The zero-order chi connectivity index (χ0) is 16.4. The second-order valence-corrected chi connectivity index (χ2v) is 6.73. The van der Waals surface area contributed by atoms with E-state index in [1.54, 1.807) is 12.4 Å². The number of aromatic amines is 1. The van der Waals surface area contributed by atoms with Crippen molar-refractivity contribution < 1.29 is 4.79 Å². The van der Waals surface area contributed by atoms with Gasteiger partial charge in [0, 0.05) is 30.3 Å². The van der Waals surface area contributed by atoms with Crippen molar-refractivity contribution in [1.82, 2.24) is 20.3 Å². The average molecular weight is 325 g/mol. The van der Waals surface area contributed by atoms with E-state index in [0.29, 0.717) is 24.5 Å². The molecule has 3 atom stereocenters. The van der Waals surface area contributed by atoms with Crippen LogP contribution in [0.15, 0.2) is 36.8 Å². The van der Waals surface area contributed by atoms with Gasteiger partial charge in [0.2, 0.25) is 11.9 Å². The molecule has 1 saturated carbocycles. The Hall–Kier alpha value is -2.37. The Kier molecular flexibility index (Phi) is 4.19. The highest BCUT2D eigenvalue weighted by Gasteiger charge is 2.46. The van der Waals surface area contributed by atoms with Crippen molar-refractivity contribution in [2.45, 2.75) is 50.7 Å². The molecular formula is C18H23N5O. The van der Waals surface area contributed by atoms with E-state index >= 15 is 0 Å². The van der Waals surface area contributed by atoms with Crippen LogP contribution in [-0.4, -0.2) is 32.9 Å². The molecule has 2 aromatic heterocycles. The first-order valence-electron chi connectivity index (χ1n) is 8.78. The van der Waals surface area contributed by atoms with Gasteiger partial charge in [0.25, 0.3) is 0 Å². The molecule has 0 bridgehead atoms. The molecule has 0 unspecified atom stereocenters. The number of H-pyrrole nitrogens is 1. The molecule has 6 heteroatoms. The predicted octanol–water partition coefficient (Wildman–Crippen LogP) is 2.26. The van der Waals surface area contributed by atoms with Crippen molar-refractivity contribution >= 4 is 11.9 Å². The van der Waals surface area contributed by atoms with Gasteiger partial charge in [-0.25, -0.2) is 9.97 Å². The van der Waals surface area contributed by atoms with E-state index in [1.807, 2.05) is 24.4 Å². The average Bonchev–Trinajstić information content (AvgIpc) is 3.28. The summed E-state index contributed by atoms with van der Waals surface area (Å²) in [5, 5.41) is 3.07. The zero-order valence-corrected chi connectivity index (χ0v) is 13.7.